The number of esters is 1. The van der Waals surface area contributed by atoms with Crippen molar-refractivity contribution in [1.29, 1.82) is 0 Å². The zero-order chi connectivity index (χ0) is 13.1. The van der Waals surface area contributed by atoms with Crippen molar-refractivity contribution in [3.05, 3.63) is 29.3 Å². The molecule has 0 N–H and O–H groups in total. The predicted octanol–water partition coefficient (Wildman–Crippen LogP) is 2.89. The fourth-order valence-corrected chi connectivity index (χ4v) is 1.58. The third-order valence-corrected chi connectivity index (χ3v) is 2.19. The van der Waals surface area contributed by atoms with Gasteiger partial charge in [0.2, 0.25) is 0 Å². The van der Waals surface area contributed by atoms with Crippen molar-refractivity contribution in [2.24, 2.45) is 0 Å². The van der Waals surface area contributed by atoms with Crippen LogP contribution < -0.4 is 4.74 Å². The second kappa shape index (κ2) is 5.21. The zero-order valence-corrected chi connectivity index (χ0v) is 11.2. The standard InChI is InChI=1S/C14H20O3/c1-10-6-7-12(16-5)11(8-10)9-13(15)17-14(2,3)4/h6-8H,9H2,1-5H3. The fourth-order valence-electron chi connectivity index (χ4n) is 1.58. The van der Waals surface area contributed by atoms with Crippen molar-refractivity contribution >= 4 is 5.97 Å². The minimum absolute atomic E-state index is 0.235. The lowest BCUT2D eigenvalue weighted by Crippen LogP contribution is -2.25. The van der Waals surface area contributed by atoms with Crippen LogP contribution in [0.15, 0.2) is 18.2 Å². The van der Waals surface area contributed by atoms with E-state index in [9.17, 15) is 4.79 Å². The molecule has 0 saturated carbocycles. The molecular weight excluding hydrogens is 216 g/mol. The number of aryl methyl sites for hydroxylation is 1. The van der Waals surface area contributed by atoms with Crippen LogP contribution in [0.4, 0.5) is 0 Å². The molecule has 0 saturated heterocycles. The van der Waals surface area contributed by atoms with Crippen molar-refractivity contribution in [3.63, 3.8) is 0 Å². The molecule has 0 unspecified atom stereocenters. The molecule has 0 aliphatic rings. The number of carbonyl (C=O) groups is 1. The van der Waals surface area contributed by atoms with E-state index >= 15 is 0 Å². The van der Waals surface area contributed by atoms with E-state index in [2.05, 4.69) is 0 Å². The lowest BCUT2D eigenvalue weighted by atomic mass is 10.1. The number of hydrogen-bond acceptors (Lipinski definition) is 3. The molecule has 0 heterocycles. The third-order valence-electron chi connectivity index (χ3n) is 2.19. The van der Waals surface area contributed by atoms with Gasteiger partial charge in [-0.1, -0.05) is 17.7 Å². The summed E-state index contributed by atoms with van der Waals surface area (Å²) in [6, 6.07) is 5.77. The molecule has 1 aromatic carbocycles. The second-order valence-electron chi connectivity index (χ2n) is 5.08. The first kappa shape index (κ1) is 13.6. The second-order valence-corrected chi connectivity index (χ2v) is 5.08. The Morgan fingerprint density at radius 3 is 2.47 bits per heavy atom. The fraction of sp³-hybridized carbons (Fsp3) is 0.500. The smallest absolute Gasteiger partial charge is 0.310 e. The normalized spacial score (nSPS) is 11.1. The maximum atomic E-state index is 11.7. The minimum Gasteiger partial charge on any atom is -0.496 e. The zero-order valence-electron chi connectivity index (χ0n) is 11.2. The van der Waals surface area contributed by atoms with Crippen molar-refractivity contribution in [2.75, 3.05) is 7.11 Å². The molecule has 0 atom stereocenters. The van der Waals surface area contributed by atoms with Gasteiger partial charge in [-0.15, -0.1) is 0 Å². The summed E-state index contributed by atoms with van der Waals surface area (Å²) in [7, 11) is 1.60. The van der Waals surface area contributed by atoms with Gasteiger partial charge in [0, 0.05) is 5.56 Å². The summed E-state index contributed by atoms with van der Waals surface area (Å²) in [6.45, 7) is 7.56. The van der Waals surface area contributed by atoms with Gasteiger partial charge in [0.25, 0.3) is 0 Å². The largest absolute Gasteiger partial charge is 0.496 e. The van der Waals surface area contributed by atoms with Crippen LogP contribution in [0.25, 0.3) is 0 Å². The maximum absolute atomic E-state index is 11.7. The molecule has 3 nitrogen and oxygen atoms in total. The van der Waals surface area contributed by atoms with Gasteiger partial charge in [0.05, 0.1) is 13.5 Å². The van der Waals surface area contributed by atoms with Crippen molar-refractivity contribution in [3.8, 4) is 5.75 Å². The molecule has 1 rings (SSSR count). The van der Waals surface area contributed by atoms with Crippen LogP contribution in [0.2, 0.25) is 0 Å². The van der Waals surface area contributed by atoms with E-state index in [0.29, 0.717) is 0 Å². The van der Waals surface area contributed by atoms with Crippen LogP contribution in [0.5, 0.6) is 5.75 Å². The summed E-state index contributed by atoms with van der Waals surface area (Å²) in [4.78, 5) is 11.7. The highest BCUT2D eigenvalue weighted by molar-refractivity contribution is 5.74. The summed E-state index contributed by atoms with van der Waals surface area (Å²) in [6.07, 6.45) is 0.238. The van der Waals surface area contributed by atoms with Crippen molar-refractivity contribution in [2.45, 2.75) is 39.7 Å². The minimum atomic E-state index is -0.450. The molecular formula is C14H20O3. The lowest BCUT2D eigenvalue weighted by molar-refractivity contribution is -0.153. The molecule has 3 heteroatoms. The van der Waals surface area contributed by atoms with Crippen LogP contribution in [0.3, 0.4) is 0 Å². The van der Waals surface area contributed by atoms with Crippen molar-refractivity contribution < 1.29 is 14.3 Å². The summed E-state index contributed by atoms with van der Waals surface area (Å²) < 4.78 is 10.5. The highest BCUT2D eigenvalue weighted by Gasteiger charge is 2.17. The van der Waals surface area contributed by atoms with Gasteiger partial charge in [-0.05, 0) is 33.8 Å². The van der Waals surface area contributed by atoms with E-state index in [4.69, 9.17) is 9.47 Å². The molecule has 94 valence electrons. The number of methoxy groups -OCH3 is 1. The Hall–Kier alpha value is -1.51. The van der Waals surface area contributed by atoms with Crippen LogP contribution >= 0.6 is 0 Å². The van der Waals surface area contributed by atoms with Crippen LogP contribution in [-0.4, -0.2) is 18.7 Å². The topological polar surface area (TPSA) is 35.5 Å². The lowest BCUT2D eigenvalue weighted by Gasteiger charge is -2.20. The third kappa shape index (κ3) is 4.47. The van der Waals surface area contributed by atoms with Crippen molar-refractivity contribution in [1.82, 2.24) is 0 Å². The first-order valence-corrected chi connectivity index (χ1v) is 5.67. The molecule has 0 bridgehead atoms. The number of benzene rings is 1. The number of carbonyl (C=O) groups excluding carboxylic acids is 1. The Kier molecular flexibility index (Phi) is 4.16. The Bertz CT molecular complexity index is 402. The Morgan fingerprint density at radius 1 is 1.29 bits per heavy atom. The summed E-state index contributed by atoms with van der Waals surface area (Å²) in [5, 5.41) is 0. The van der Waals surface area contributed by atoms with E-state index in [0.717, 1.165) is 16.9 Å². The Balaban J connectivity index is 2.80. The first-order chi connectivity index (χ1) is 7.81. The summed E-state index contributed by atoms with van der Waals surface area (Å²) >= 11 is 0. The molecule has 17 heavy (non-hydrogen) atoms. The van der Waals surface area contributed by atoms with E-state index in [-0.39, 0.29) is 12.4 Å². The molecule has 1 aromatic rings. The maximum Gasteiger partial charge on any atom is 0.310 e. The summed E-state index contributed by atoms with van der Waals surface area (Å²) in [5.41, 5.74) is 1.51. The van der Waals surface area contributed by atoms with Crippen LogP contribution in [0, 0.1) is 6.92 Å². The molecule has 0 aromatic heterocycles. The number of hydrogen-bond donors (Lipinski definition) is 0. The number of ether oxygens (including phenoxy) is 2. The number of rotatable bonds is 3. The first-order valence-electron chi connectivity index (χ1n) is 5.67. The average Bonchev–Trinajstić information content (AvgIpc) is 2.14. The van der Waals surface area contributed by atoms with Gasteiger partial charge in [0.1, 0.15) is 11.4 Å². The van der Waals surface area contributed by atoms with Gasteiger partial charge < -0.3 is 9.47 Å². The van der Waals surface area contributed by atoms with Gasteiger partial charge in [-0.2, -0.15) is 0 Å². The average molecular weight is 236 g/mol. The molecule has 0 radical (unpaired) electrons. The van der Waals surface area contributed by atoms with Crippen LogP contribution in [0.1, 0.15) is 31.9 Å². The molecule has 0 aliphatic heterocycles. The molecule has 0 aliphatic carbocycles. The SMILES string of the molecule is COc1ccc(C)cc1CC(=O)OC(C)(C)C. The predicted molar refractivity (Wildman–Crippen MR) is 67.3 cm³/mol. The highest BCUT2D eigenvalue weighted by atomic mass is 16.6. The van der Waals surface area contributed by atoms with E-state index in [1.54, 1.807) is 7.11 Å². The van der Waals surface area contributed by atoms with E-state index in [1.165, 1.54) is 0 Å². The quantitative estimate of drug-likeness (QED) is 0.757. The van der Waals surface area contributed by atoms with Crippen LogP contribution in [-0.2, 0) is 16.0 Å². The van der Waals surface area contributed by atoms with Gasteiger partial charge >= 0.3 is 5.97 Å². The monoisotopic (exact) mass is 236 g/mol. The van der Waals surface area contributed by atoms with Gasteiger partial charge in [0.15, 0.2) is 0 Å². The van der Waals surface area contributed by atoms with Gasteiger partial charge in [-0.3, -0.25) is 4.79 Å². The molecule has 0 spiro atoms. The van der Waals surface area contributed by atoms with E-state index < -0.39 is 5.60 Å². The highest BCUT2D eigenvalue weighted by Crippen LogP contribution is 2.21. The Labute approximate surface area is 103 Å². The van der Waals surface area contributed by atoms with Gasteiger partial charge in [-0.25, -0.2) is 0 Å². The Morgan fingerprint density at radius 2 is 1.94 bits per heavy atom. The molecule has 0 amide bonds. The van der Waals surface area contributed by atoms with E-state index in [1.807, 2.05) is 45.9 Å². The molecule has 0 fully saturated rings. The summed E-state index contributed by atoms with van der Waals surface area (Å²) in [5.74, 6) is 0.489.